The van der Waals surface area contributed by atoms with Gasteiger partial charge < -0.3 is 15.0 Å². The lowest BCUT2D eigenvalue weighted by Crippen LogP contribution is -2.53. The van der Waals surface area contributed by atoms with Gasteiger partial charge in [-0.1, -0.05) is 44.2 Å². The predicted molar refractivity (Wildman–Crippen MR) is 166 cm³/mol. The highest BCUT2D eigenvalue weighted by atomic mass is 127. The first-order valence-corrected chi connectivity index (χ1v) is 15.7. The molecule has 0 radical (unpaired) electrons. The van der Waals surface area contributed by atoms with Crippen LogP contribution in [-0.2, 0) is 26.2 Å². The van der Waals surface area contributed by atoms with E-state index in [0.717, 1.165) is 19.9 Å². The lowest BCUT2D eigenvalue weighted by Gasteiger charge is -2.33. The number of benzene rings is 3. The van der Waals surface area contributed by atoms with Gasteiger partial charge in [-0.2, -0.15) is 0 Å². The molecule has 0 aliphatic heterocycles. The van der Waals surface area contributed by atoms with Crippen LogP contribution in [0.2, 0.25) is 0 Å². The largest absolute Gasteiger partial charge is 0.497 e. The Kier molecular flexibility index (Phi) is 11.4. The zero-order chi connectivity index (χ0) is 29.3. The van der Waals surface area contributed by atoms with Crippen LogP contribution >= 0.6 is 22.6 Å². The minimum absolute atomic E-state index is 0.0715. The highest BCUT2D eigenvalue weighted by Gasteiger charge is 2.34. The summed E-state index contributed by atoms with van der Waals surface area (Å²) < 4.78 is 35.1. The number of halogens is 1. The number of sulfonamides is 1. The van der Waals surface area contributed by atoms with Gasteiger partial charge in [0.15, 0.2) is 0 Å². The Morgan fingerprint density at radius 1 is 0.950 bits per heavy atom. The molecule has 0 unspecified atom stereocenters. The Balaban J connectivity index is 2.05. The lowest BCUT2D eigenvalue weighted by molar-refractivity contribution is -0.140. The van der Waals surface area contributed by atoms with Crippen LogP contribution in [0.3, 0.4) is 0 Å². The van der Waals surface area contributed by atoms with Gasteiger partial charge in [-0.3, -0.25) is 13.9 Å². The molecular weight excluding hydrogens is 641 g/mol. The number of carbonyl (C=O) groups excluding carboxylic acids is 2. The Morgan fingerprint density at radius 2 is 1.62 bits per heavy atom. The summed E-state index contributed by atoms with van der Waals surface area (Å²) in [6, 6.07) is 21.3. The van der Waals surface area contributed by atoms with Crippen LogP contribution in [0.15, 0.2) is 83.8 Å². The van der Waals surface area contributed by atoms with E-state index in [9.17, 15) is 18.0 Å². The molecule has 0 aliphatic rings. The zero-order valence-electron chi connectivity index (χ0n) is 23.2. The molecule has 0 bridgehead atoms. The standard InChI is InChI=1S/C30H36IN3O5S/c1-5-22(3)32-30(36)28(6-2)33(20-23-11-10-12-26(19-23)39-4)29(35)21-34(25-17-15-24(31)16-18-25)40(37,38)27-13-8-7-9-14-27/h7-19,22,28H,5-6,20-21H2,1-4H3,(H,32,36)/t22-,28-/m1/s1. The third kappa shape index (κ3) is 7.97. The number of hydrogen-bond acceptors (Lipinski definition) is 5. The third-order valence-electron chi connectivity index (χ3n) is 6.60. The van der Waals surface area contributed by atoms with E-state index in [4.69, 9.17) is 4.74 Å². The molecule has 1 N–H and O–H groups in total. The van der Waals surface area contributed by atoms with E-state index in [1.54, 1.807) is 61.7 Å². The van der Waals surface area contributed by atoms with Gasteiger partial charge in [0.1, 0.15) is 18.3 Å². The smallest absolute Gasteiger partial charge is 0.264 e. The maximum absolute atomic E-state index is 14.1. The van der Waals surface area contributed by atoms with Gasteiger partial charge in [0, 0.05) is 16.2 Å². The fraction of sp³-hybridized carbons (Fsp3) is 0.333. The molecule has 3 aromatic carbocycles. The Morgan fingerprint density at radius 3 is 2.23 bits per heavy atom. The van der Waals surface area contributed by atoms with Crippen molar-refractivity contribution in [3.05, 3.63) is 88.0 Å². The van der Waals surface area contributed by atoms with Gasteiger partial charge in [0.05, 0.1) is 17.7 Å². The first kappa shape index (κ1) is 31.4. The number of nitrogens with zero attached hydrogens (tertiary/aromatic N) is 2. The monoisotopic (exact) mass is 677 g/mol. The van der Waals surface area contributed by atoms with Crippen LogP contribution in [0.5, 0.6) is 5.75 Å². The van der Waals surface area contributed by atoms with Crippen LogP contribution < -0.4 is 14.4 Å². The summed E-state index contributed by atoms with van der Waals surface area (Å²) in [6.07, 6.45) is 1.09. The minimum atomic E-state index is -4.09. The van der Waals surface area contributed by atoms with Crippen molar-refractivity contribution in [2.24, 2.45) is 0 Å². The highest BCUT2D eigenvalue weighted by Crippen LogP contribution is 2.26. The molecule has 0 heterocycles. The molecule has 8 nitrogen and oxygen atoms in total. The number of methoxy groups -OCH3 is 1. The molecule has 2 atom stereocenters. The summed E-state index contributed by atoms with van der Waals surface area (Å²) in [5, 5.41) is 2.98. The van der Waals surface area contributed by atoms with E-state index < -0.39 is 28.5 Å². The fourth-order valence-electron chi connectivity index (χ4n) is 4.18. The van der Waals surface area contributed by atoms with Crippen molar-refractivity contribution < 1.29 is 22.7 Å². The summed E-state index contributed by atoms with van der Waals surface area (Å²) in [7, 11) is -2.53. The van der Waals surface area contributed by atoms with Crippen LogP contribution in [0.1, 0.15) is 39.2 Å². The normalized spacial score (nSPS) is 12.7. The number of rotatable bonds is 13. The summed E-state index contributed by atoms with van der Waals surface area (Å²) in [5.74, 6) is -0.152. The molecule has 0 aliphatic carbocycles. The summed E-state index contributed by atoms with van der Waals surface area (Å²) in [5.41, 5.74) is 1.12. The van der Waals surface area contributed by atoms with Crippen molar-refractivity contribution in [3.63, 3.8) is 0 Å². The molecular formula is C30H36IN3O5S. The van der Waals surface area contributed by atoms with E-state index in [1.807, 2.05) is 32.9 Å². The second-order valence-electron chi connectivity index (χ2n) is 9.42. The number of hydrogen-bond donors (Lipinski definition) is 1. The third-order valence-corrected chi connectivity index (χ3v) is 9.11. The van der Waals surface area contributed by atoms with Gasteiger partial charge in [-0.15, -0.1) is 0 Å². The Hall–Kier alpha value is -3.12. The van der Waals surface area contributed by atoms with Crippen LogP contribution in [0, 0.1) is 3.57 Å². The van der Waals surface area contributed by atoms with Gasteiger partial charge in [0.2, 0.25) is 11.8 Å². The second kappa shape index (κ2) is 14.5. The van der Waals surface area contributed by atoms with Crippen LogP contribution in [0.4, 0.5) is 5.69 Å². The van der Waals surface area contributed by atoms with E-state index in [-0.39, 0.29) is 23.4 Å². The Labute approximate surface area is 250 Å². The van der Waals surface area contributed by atoms with Gasteiger partial charge in [0.25, 0.3) is 10.0 Å². The summed E-state index contributed by atoms with van der Waals surface area (Å²) in [6.45, 7) is 5.34. The van der Waals surface area contributed by atoms with Gasteiger partial charge >= 0.3 is 0 Å². The van der Waals surface area contributed by atoms with Crippen LogP contribution in [0.25, 0.3) is 0 Å². The molecule has 0 spiro atoms. The van der Waals surface area contributed by atoms with Crippen molar-refractivity contribution in [2.75, 3.05) is 18.0 Å². The average Bonchev–Trinajstić information content (AvgIpc) is 2.96. The number of nitrogens with one attached hydrogen (secondary N) is 1. The minimum Gasteiger partial charge on any atom is -0.497 e. The Bertz CT molecular complexity index is 1380. The van der Waals surface area contributed by atoms with Crippen molar-refractivity contribution in [1.82, 2.24) is 10.2 Å². The fourth-order valence-corrected chi connectivity index (χ4v) is 5.98. The van der Waals surface area contributed by atoms with E-state index in [0.29, 0.717) is 17.9 Å². The van der Waals surface area contributed by atoms with Gasteiger partial charge in [-0.05, 0) is 96.5 Å². The lowest BCUT2D eigenvalue weighted by atomic mass is 10.1. The zero-order valence-corrected chi connectivity index (χ0v) is 26.2. The number of anilines is 1. The highest BCUT2D eigenvalue weighted by molar-refractivity contribution is 14.1. The van der Waals surface area contributed by atoms with Crippen molar-refractivity contribution >= 4 is 50.1 Å². The summed E-state index contributed by atoms with van der Waals surface area (Å²) >= 11 is 2.14. The molecule has 0 saturated carbocycles. The number of amides is 2. The van der Waals surface area contributed by atoms with E-state index in [2.05, 4.69) is 27.9 Å². The van der Waals surface area contributed by atoms with E-state index in [1.165, 1.54) is 17.0 Å². The number of ether oxygens (including phenoxy) is 1. The number of carbonyl (C=O) groups is 2. The molecule has 0 aromatic heterocycles. The van der Waals surface area contributed by atoms with Crippen molar-refractivity contribution in [2.45, 2.75) is 57.1 Å². The molecule has 0 saturated heterocycles. The van der Waals surface area contributed by atoms with E-state index >= 15 is 0 Å². The topological polar surface area (TPSA) is 96.0 Å². The maximum atomic E-state index is 14.1. The van der Waals surface area contributed by atoms with Gasteiger partial charge in [-0.25, -0.2) is 8.42 Å². The molecule has 0 fully saturated rings. The average molecular weight is 678 g/mol. The van der Waals surface area contributed by atoms with Crippen molar-refractivity contribution in [3.8, 4) is 5.75 Å². The molecule has 10 heteroatoms. The van der Waals surface area contributed by atoms with Crippen LogP contribution in [-0.4, -0.2) is 50.9 Å². The molecule has 3 rings (SSSR count). The second-order valence-corrected chi connectivity index (χ2v) is 12.5. The molecule has 3 aromatic rings. The quantitative estimate of drug-likeness (QED) is 0.251. The summed E-state index contributed by atoms with van der Waals surface area (Å²) in [4.78, 5) is 29.0. The maximum Gasteiger partial charge on any atom is 0.264 e. The molecule has 214 valence electrons. The first-order chi connectivity index (χ1) is 19.1. The van der Waals surface area contributed by atoms with Crippen molar-refractivity contribution in [1.29, 1.82) is 0 Å². The first-order valence-electron chi connectivity index (χ1n) is 13.2. The predicted octanol–water partition coefficient (Wildman–Crippen LogP) is 5.22. The molecule has 2 amide bonds. The molecule has 40 heavy (non-hydrogen) atoms. The SMILES string of the molecule is CC[C@@H](C)NC(=O)[C@@H](CC)N(Cc1cccc(OC)c1)C(=O)CN(c1ccc(I)cc1)S(=O)(=O)c1ccccc1.